The number of fused-ring (bicyclic) bond motifs is 1. The summed E-state index contributed by atoms with van der Waals surface area (Å²) in [5.41, 5.74) is 1.24. The molecule has 0 saturated carbocycles. The van der Waals surface area contributed by atoms with Crippen LogP contribution >= 0.6 is 11.3 Å². The minimum atomic E-state index is -0.400. The number of hydrogen-bond donors (Lipinski definition) is 1. The third-order valence-electron chi connectivity index (χ3n) is 4.42. The van der Waals surface area contributed by atoms with Gasteiger partial charge in [0.1, 0.15) is 16.5 Å². The van der Waals surface area contributed by atoms with Crippen molar-refractivity contribution in [3.8, 4) is 0 Å². The second-order valence-corrected chi connectivity index (χ2v) is 7.75. The molecule has 132 valence electrons. The monoisotopic (exact) mass is 350 g/mol. The molecule has 0 spiro atoms. The summed E-state index contributed by atoms with van der Waals surface area (Å²) in [6.45, 7) is 10.7. The zero-order valence-corrected chi connectivity index (χ0v) is 15.7. The Labute approximate surface area is 147 Å². The summed E-state index contributed by atoms with van der Waals surface area (Å²) in [7, 11) is 1.99. The van der Waals surface area contributed by atoms with Gasteiger partial charge in [-0.1, -0.05) is 0 Å². The molecular formula is C17H26N4O2S. The van der Waals surface area contributed by atoms with E-state index in [0.717, 1.165) is 54.7 Å². The molecule has 0 bridgehead atoms. The third-order valence-corrected chi connectivity index (χ3v) is 5.53. The van der Waals surface area contributed by atoms with Gasteiger partial charge < -0.3 is 14.7 Å². The first-order valence-electron chi connectivity index (χ1n) is 8.41. The van der Waals surface area contributed by atoms with Crippen LogP contribution in [0, 0.1) is 13.8 Å². The number of aliphatic hydroxyl groups is 1. The molecule has 0 aromatic carbocycles. The Morgan fingerprint density at radius 3 is 2.67 bits per heavy atom. The molecule has 0 aliphatic carbocycles. The third kappa shape index (κ3) is 3.69. The van der Waals surface area contributed by atoms with Crippen molar-refractivity contribution in [2.45, 2.75) is 33.4 Å². The van der Waals surface area contributed by atoms with E-state index in [2.05, 4.69) is 18.7 Å². The number of anilines is 1. The van der Waals surface area contributed by atoms with Gasteiger partial charge in [-0.2, -0.15) is 0 Å². The highest BCUT2D eigenvalue weighted by Gasteiger charge is 2.20. The molecule has 24 heavy (non-hydrogen) atoms. The lowest BCUT2D eigenvalue weighted by atomic mass is 10.2. The Bertz CT molecular complexity index is 710. The topological polar surface area (TPSA) is 61.7 Å². The van der Waals surface area contributed by atoms with Crippen molar-refractivity contribution in [2.75, 3.05) is 44.8 Å². The van der Waals surface area contributed by atoms with E-state index >= 15 is 0 Å². The number of thiophene rings is 1. The van der Waals surface area contributed by atoms with Crippen molar-refractivity contribution in [3.63, 3.8) is 0 Å². The van der Waals surface area contributed by atoms with E-state index in [9.17, 15) is 5.11 Å². The highest BCUT2D eigenvalue weighted by atomic mass is 32.1. The molecule has 1 atom stereocenters. The second kappa shape index (κ2) is 7.31. The quantitative estimate of drug-likeness (QED) is 0.889. The summed E-state index contributed by atoms with van der Waals surface area (Å²) in [6.07, 6.45) is -0.400. The average Bonchev–Trinajstić information content (AvgIpc) is 2.81. The van der Waals surface area contributed by atoms with Crippen LogP contribution < -0.4 is 4.90 Å². The number of morpholine rings is 1. The molecule has 6 nitrogen and oxygen atoms in total. The van der Waals surface area contributed by atoms with Crippen LogP contribution in [0.2, 0.25) is 0 Å². The van der Waals surface area contributed by atoms with Crippen LogP contribution in [0.3, 0.4) is 0 Å². The standard InChI is InChI=1S/C17H26N4O2S/c1-11(22)9-20(4)16-15-12(2)13(3)24-17(15)19-14(18-16)10-21-5-7-23-8-6-21/h11,22H,5-10H2,1-4H3. The molecule has 1 saturated heterocycles. The first-order chi connectivity index (χ1) is 11.5. The van der Waals surface area contributed by atoms with Crippen molar-refractivity contribution >= 4 is 27.4 Å². The second-order valence-electron chi connectivity index (χ2n) is 6.54. The number of rotatable bonds is 5. The van der Waals surface area contributed by atoms with Gasteiger partial charge in [-0.15, -0.1) is 11.3 Å². The minimum absolute atomic E-state index is 0.400. The van der Waals surface area contributed by atoms with E-state index in [1.165, 1.54) is 10.4 Å². The van der Waals surface area contributed by atoms with Crippen molar-refractivity contribution in [1.82, 2.24) is 14.9 Å². The fourth-order valence-corrected chi connectivity index (χ4v) is 4.10. The van der Waals surface area contributed by atoms with Gasteiger partial charge in [0.25, 0.3) is 0 Å². The number of aryl methyl sites for hydroxylation is 2. The molecule has 1 N–H and O–H groups in total. The minimum Gasteiger partial charge on any atom is -0.392 e. The lowest BCUT2D eigenvalue weighted by Crippen LogP contribution is -2.36. The summed E-state index contributed by atoms with van der Waals surface area (Å²) in [6, 6.07) is 0. The zero-order chi connectivity index (χ0) is 17.3. The maximum Gasteiger partial charge on any atom is 0.146 e. The van der Waals surface area contributed by atoms with Crippen LogP contribution in [0.5, 0.6) is 0 Å². The van der Waals surface area contributed by atoms with E-state index in [0.29, 0.717) is 6.54 Å². The number of ether oxygens (including phenoxy) is 1. The fourth-order valence-electron chi connectivity index (χ4n) is 3.06. The fraction of sp³-hybridized carbons (Fsp3) is 0.647. The van der Waals surface area contributed by atoms with Gasteiger partial charge in [0, 0.05) is 31.6 Å². The largest absolute Gasteiger partial charge is 0.392 e. The highest BCUT2D eigenvalue weighted by molar-refractivity contribution is 7.18. The van der Waals surface area contributed by atoms with Gasteiger partial charge in [-0.25, -0.2) is 9.97 Å². The molecule has 2 aromatic rings. The lowest BCUT2D eigenvalue weighted by Gasteiger charge is -2.26. The van der Waals surface area contributed by atoms with Crippen LogP contribution in [-0.4, -0.2) is 66.0 Å². The van der Waals surface area contributed by atoms with Crippen molar-refractivity contribution < 1.29 is 9.84 Å². The SMILES string of the molecule is Cc1sc2nc(CN3CCOCC3)nc(N(C)CC(C)O)c2c1C. The van der Waals surface area contributed by atoms with Crippen LogP contribution in [0.25, 0.3) is 10.2 Å². The predicted molar refractivity (Wildman–Crippen MR) is 97.9 cm³/mol. The van der Waals surface area contributed by atoms with E-state index in [-0.39, 0.29) is 0 Å². The molecule has 1 unspecified atom stereocenters. The van der Waals surface area contributed by atoms with E-state index in [4.69, 9.17) is 14.7 Å². The smallest absolute Gasteiger partial charge is 0.146 e. The Morgan fingerprint density at radius 1 is 1.29 bits per heavy atom. The number of aromatic nitrogens is 2. The van der Waals surface area contributed by atoms with Crippen molar-refractivity contribution in [3.05, 3.63) is 16.3 Å². The summed E-state index contributed by atoms with van der Waals surface area (Å²) in [5.74, 6) is 1.77. The van der Waals surface area contributed by atoms with Crippen molar-refractivity contribution in [2.24, 2.45) is 0 Å². The van der Waals surface area contributed by atoms with Gasteiger partial charge in [0.15, 0.2) is 0 Å². The molecule has 2 aromatic heterocycles. The number of aliphatic hydroxyl groups excluding tert-OH is 1. The summed E-state index contributed by atoms with van der Waals surface area (Å²) in [4.78, 5) is 16.3. The Balaban J connectivity index is 1.98. The molecule has 1 fully saturated rings. The molecule has 0 amide bonds. The van der Waals surface area contributed by atoms with Crippen LogP contribution in [-0.2, 0) is 11.3 Å². The van der Waals surface area contributed by atoms with E-state index in [1.807, 2.05) is 11.9 Å². The maximum absolute atomic E-state index is 9.76. The van der Waals surface area contributed by atoms with Crippen molar-refractivity contribution in [1.29, 1.82) is 0 Å². The van der Waals surface area contributed by atoms with Gasteiger partial charge >= 0.3 is 0 Å². The number of nitrogens with zero attached hydrogens (tertiary/aromatic N) is 4. The number of likely N-dealkylation sites (N-methyl/N-ethyl adjacent to an activating group) is 1. The van der Waals surface area contributed by atoms with Gasteiger partial charge in [-0.05, 0) is 26.3 Å². The predicted octanol–water partition coefficient (Wildman–Crippen LogP) is 1.96. The summed E-state index contributed by atoms with van der Waals surface area (Å²) < 4.78 is 5.42. The molecular weight excluding hydrogens is 324 g/mol. The molecule has 1 aliphatic heterocycles. The summed E-state index contributed by atoms with van der Waals surface area (Å²) >= 11 is 1.72. The van der Waals surface area contributed by atoms with E-state index < -0.39 is 6.10 Å². The van der Waals surface area contributed by atoms with Gasteiger partial charge in [-0.3, -0.25) is 4.90 Å². The molecule has 1 aliphatic rings. The molecule has 0 radical (unpaired) electrons. The zero-order valence-electron chi connectivity index (χ0n) is 14.9. The Hall–Kier alpha value is -1.28. The van der Waals surface area contributed by atoms with Crippen LogP contribution in [0.1, 0.15) is 23.2 Å². The Morgan fingerprint density at radius 2 is 2.00 bits per heavy atom. The van der Waals surface area contributed by atoms with Gasteiger partial charge in [0.2, 0.25) is 0 Å². The maximum atomic E-state index is 9.76. The highest BCUT2D eigenvalue weighted by Crippen LogP contribution is 2.34. The lowest BCUT2D eigenvalue weighted by molar-refractivity contribution is 0.0331. The normalized spacial score (nSPS) is 17.4. The average molecular weight is 350 g/mol. The molecule has 7 heteroatoms. The van der Waals surface area contributed by atoms with Crippen LogP contribution in [0.15, 0.2) is 0 Å². The first kappa shape index (κ1) is 17.5. The number of hydrogen-bond acceptors (Lipinski definition) is 7. The molecule has 3 heterocycles. The van der Waals surface area contributed by atoms with Gasteiger partial charge in [0.05, 0.1) is 31.2 Å². The van der Waals surface area contributed by atoms with Crippen LogP contribution in [0.4, 0.5) is 5.82 Å². The first-order valence-corrected chi connectivity index (χ1v) is 9.23. The van der Waals surface area contributed by atoms with E-state index in [1.54, 1.807) is 18.3 Å². The molecule has 3 rings (SSSR count). The Kier molecular flexibility index (Phi) is 5.34. The summed E-state index contributed by atoms with van der Waals surface area (Å²) in [5, 5.41) is 10.9.